The van der Waals surface area contributed by atoms with Crippen LogP contribution in [-0.4, -0.2) is 53.8 Å². The highest BCUT2D eigenvalue weighted by atomic mass is 16.5. The minimum absolute atomic E-state index is 0.212. The molecule has 1 aromatic heterocycles. The molecule has 1 aliphatic carbocycles. The summed E-state index contributed by atoms with van der Waals surface area (Å²) in [7, 11) is 0. The fourth-order valence-corrected chi connectivity index (χ4v) is 3.91. The molecule has 6 heteroatoms. The number of hydrogen-bond acceptors (Lipinski definition) is 4. The monoisotopic (exact) mass is 352 g/mol. The third-order valence-electron chi connectivity index (χ3n) is 5.67. The molecule has 3 aliphatic rings. The van der Waals surface area contributed by atoms with Gasteiger partial charge < -0.3 is 14.5 Å². The maximum Gasteiger partial charge on any atom is 0.227 e. The molecule has 1 saturated carbocycles. The van der Waals surface area contributed by atoms with E-state index in [2.05, 4.69) is 27.2 Å². The molecule has 0 bridgehead atoms. The summed E-state index contributed by atoms with van der Waals surface area (Å²) in [5.41, 5.74) is 3.58. The largest absolute Gasteiger partial charge is 0.493 e. The predicted octanol–water partition coefficient (Wildman–Crippen LogP) is 2.11. The highest BCUT2D eigenvalue weighted by Crippen LogP contribution is 2.39. The van der Waals surface area contributed by atoms with Gasteiger partial charge in [0, 0.05) is 50.3 Å². The molecular formula is C20H24N4O2. The lowest BCUT2D eigenvalue weighted by Gasteiger charge is -2.34. The lowest BCUT2D eigenvalue weighted by Crippen LogP contribution is -2.49. The second-order valence-corrected chi connectivity index (χ2v) is 7.54. The number of ether oxygens (including phenoxy) is 1. The second-order valence-electron chi connectivity index (χ2n) is 7.54. The number of carbonyl (C=O) groups is 1. The van der Waals surface area contributed by atoms with Crippen molar-refractivity contribution in [3.8, 4) is 5.75 Å². The lowest BCUT2D eigenvalue weighted by molar-refractivity contribution is -0.130. The average molecular weight is 352 g/mol. The molecule has 6 nitrogen and oxygen atoms in total. The molecule has 3 heterocycles. The minimum Gasteiger partial charge on any atom is -0.493 e. The number of amides is 1. The molecule has 0 atom stereocenters. The van der Waals surface area contributed by atoms with Crippen molar-refractivity contribution in [2.24, 2.45) is 0 Å². The summed E-state index contributed by atoms with van der Waals surface area (Å²) in [4.78, 5) is 16.9. The molecular weight excluding hydrogens is 328 g/mol. The van der Waals surface area contributed by atoms with E-state index in [-0.39, 0.29) is 5.91 Å². The van der Waals surface area contributed by atoms with Crippen molar-refractivity contribution in [1.29, 1.82) is 0 Å². The fourth-order valence-electron chi connectivity index (χ4n) is 3.91. The van der Waals surface area contributed by atoms with Gasteiger partial charge in [-0.1, -0.05) is 12.1 Å². The molecule has 0 spiro atoms. The van der Waals surface area contributed by atoms with E-state index in [1.807, 2.05) is 17.0 Å². The molecule has 1 N–H and O–H groups in total. The van der Waals surface area contributed by atoms with E-state index in [1.54, 1.807) is 0 Å². The number of carbonyl (C=O) groups excluding carboxylic acids is 1. The molecule has 1 saturated heterocycles. The van der Waals surface area contributed by atoms with E-state index in [4.69, 9.17) is 4.74 Å². The topological polar surface area (TPSA) is 61.5 Å². The van der Waals surface area contributed by atoms with E-state index >= 15 is 0 Å². The summed E-state index contributed by atoms with van der Waals surface area (Å²) in [5, 5.41) is 7.63. The Morgan fingerprint density at radius 1 is 1.19 bits per heavy atom. The first kappa shape index (κ1) is 15.7. The van der Waals surface area contributed by atoms with E-state index in [0.717, 1.165) is 56.3 Å². The summed E-state index contributed by atoms with van der Waals surface area (Å²) in [6, 6.07) is 8.32. The lowest BCUT2D eigenvalue weighted by atomic mass is 10.1. The van der Waals surface area contributed by atoms with Crippen molar-refractivity contribution in [3.63, 3.8) is 0 Å². The summed E-state index contributed by atoms with van der Waals surface area (Å²) < 4.78 is 5.54. The normalized spacial score (nSPS) is 19.4. The number of rotatable bonds is 4. The standard InChI is InChI=1S/C20H24N4O2/c25-20(12-14-1-4-18-16(11-14)5-10-26-18)24-8-6-23(7-9-24)19-13-17(21-22-19)15-2-3-15/h1,4,11,13,15H,2-3,5-10,12H2,(H,21,22). The highest BCUT2D eigenvalue weighted by Gasteiger charge is 2.28. The SMILES string of the molecule is O=C(Cc1ccc2c(c1)CCO2)N1CCN(c2cc(C3CC3)[nH]n2)CC1. The van der Waals surface area contributed by atoms with Crippen LogP contribution in [0.4, 0.5) is 5.82 Å². The number of aromatic amines is 1. The number of nitrogens with zero attached hydrogens (tertiary/aromatic N) is 3. The second kappa shape index (κ2) is 6.34. The van der Waals surface area contributed by atoms with Crippen molar-refractivity contribution < 1.29 is 9.53 Å². The van der Waals surface area contributed by atoms with Crippen LogP contribution >= 0.6 is 0 Å². The third-order valence-corrected chi connectivity index (χ3v) is 5.67. The number of H-pyrrole nitrogens is 1. The zero-order chi connectivity index (χ0) is 17.5. The van der Waals surface area contributed by atoms with Gasteiger partial charge in [0.15, 0.2) is 5.82 Å². The van der Waals surface area contributed by atoms with Gasteiger partial charge in [0.2, 0.25) is 5.91 Å². The maximum atomic E-state index is 12.7. The van der Waals surface area contributed by atoms with Gasteiger partial charge in [0.05, 0.1) is 13.0 Å². The van der Waals surface area contributed by atoms with Crippen LogP contribution in [0.25, 0.3) is 0 Å². The van der Waals surface area contributed by atoms with Crippen molar-refractivity contribution in [2.45, 2.75) is 31.6 Å². The maximum absolute atomic E-state index is 12.7. The van der Waals surface area contributed by atoms with Gasteiger partial charge in [0.1, 0.15) is 5.75 Å². The van der Waals surface area contributed by atoms with Gasteiger partial charge in [0.25, 0.3) is 0 Å². The molecule has 0 unspecified atom stereocenters. The van der Waals surface area contributed by atoms with E-state index < -0.39 is 0 Å². The molecule has 2 aliphatic heterocycles. The van der Waals surface area contributed by atoms with Crippen LogP contribution in [-0.2, 0) is 17.6 Å². The first-order valence-electron chi connectivity index (χ1n) is 9.59. The van der Waals surface area contributed by atoms with Gasteiger partial charge in [-0.3, -0.25) is 9.89 Å². The third kappa shape index (κ3) is 3.04. The number of nitrogens with one attached hydrogen (secondary N) is 1. The van der Waals surface area contributed by atoms with Crippen molar-refractivity contribution in [1.82, 2.24) is 15.1 Å². The molecule has 26 heavy (non-hydrogen) atoms. The quantitative estimate of drug-likeness (QED) is 0.916. The zero-order valence-corrected chi connectivity index (χ0v) is 14.9. The van der Waals surface area contributed by atoms with Crippen LogP contribution < -0.4 is 9.64 Å². The van der Waals surface area contributed by atoms with Crippen molar-refractivity contribution in [2.75, 3.05) is 37.7 Å². The highest BCUT2D eigenvalue weighted by molar-refractivity contribution is 5.79. The number of fused-ring (bicyclic) bond motifs is 1. The van der Waals surface area contributed by atoms with E-state index in [1.165, 1.54) is 24.1 Å². The van der Waals surface area contributed by atoms with Crippen LogP contribution in [0.5, 0.6) is 5.75 Å². The fraction of sp³-hybridized carbons (Fsp3) is 0.500. The molecule has 136 valence electrons. The Hall–Kier alpha value is -2.50. The number of hydrogen-bond donors (Lipinski definition) is 1. The summed E-state index contributed by atoms with van der Waals surface area (Å²) in [6.45, 7) is 3.97. The Bertz CT molecular complexity index is 819. The van der Waals surface area contributed by atoms with Gasteiger partial charge >= 0.3 is 0 Å². The Kier molecular flexibility index (Phi) is 3.84. The van der Waals surface area contributed by atoms with E-state index in [0.29, 0.717) is 12.3 Å². The minimum atomic E-state index is 0.212. The molecule has 2 aromatic rings. The molecule has 0 radical (unpaired) electrons. The van der Waals surface area contributed by atoms with Gasteiger partial charge in [-0.25, -0.2) is 0 Å². The molecule has 5 rings (SSSR count). The predicted molar refractivity (Wildman–Crippen MR) is 98.7 cm³/mol. The van der Waals surface area contributed by atoms with Crippen LogP contribution in [0.2, 0.25) is 0 Å². The first-order chi connectivity index (χ1) is 12.8. The van der Waals surface area contributed by atoms with Gasteiger partial charge in [-0.2, -0.15) is 5.10 Å². The smallest absolute Gasteiger partial charge is 0.227 e. The number of aromatic nitrogens is 2. The van der Waals surface area contributed by atoms with Crippen molar-refractivity contribution >= 4 is 11.7 Å². The first-order valence-corrected chi connectivity index (χ1v) is 9.59. The summed E-state index contributed by atoms with van der Waals surface area (Å²) in [5.74, 6) is 2.90. The van der Waals surface area contributed by atoms with Gasteiger partial charge in [-0.15, -0.1) is 0 Å². The summed E-state index contributed by atoms with van der Waals surface area (Å²) in [6.07, 6.45) is 3.97. The van der Waals surface area contributed by atoms with Crippen LogP contribution in [0.3, 0.4) is 0 Å². The number of benzene rings is 1. The summed E-state index contributed by atoms with van der Waals surface area (Å²) >= 11 is 0. The molecule has 1 amide bonds. The van der Waals surface area contributed by atoms with Crippen LogP contribution in [0.1, 0.15) is 35.6 Å². The Morgan fingerprint density at radius 2 is 2.04 bits per heavy atom. The van der Waals surface area contributed by atoms with Crippen molar-refractivity contribution in [3.05, 3.63) is 41.1 Å². The van der Waals surface area contributed by atoms with Crippen LogP contribution in [0, 0.1) is 0 Å². The molecule has 1 aromatic carbocycles. The molecule has 2 fully saturated rings. The zero-order valence-electron chi connectivity index (χ0n) is 14.9. The van der Waals surface area contributed by atoms with E-state index in [9.17, 15) is 4.79 Å². The average Bonchev–Trinajstić information content (AvgIpc) is 3.21. The number of piperazine rings is 1. The Labute approximate surface area is 153 Å². The Morgan fingerprint density at radius 3 is 2.85 bits per heavy atom. The van der Waals surface area contributed by atoms with Crippen LogP contribution in [0.15, 0.2) is 24.3 Å². The Balaban J connectivity index is 1.17. The number of anilines is 1. The van der Waals surface area contributed by atoms with Gasteiger partial charge in [-0.05, 0) is 30.0 Å².